The Morgan fingerprint density at radius 3 is 2.64 bits per heavy atom. The average molecular weight is 323 g/mol. The van der Waals surface area contributed by atoms with Crippen LogP contribution in [-0.4, -0.2) is 37.8 Å². The molecule has 1 fully saturated rings. The van der Waals surface area contributed by atoms with Gasteiger partial charge < -0.3 is 11.1 Å². The minimum atomic E-state index is -3.48. The number of carbonyl (C=O) groups is 1. The fourth-order valence-corrected chi connectivity index (χ4v) is 4.50. The Kier molecular flexibility index (Phi) is 4.20. The van der Waals surface area contributed by atoms with Crippen molar-refractivity contribution in [1.29, 1.82) is 0 Å². The van der Waals surface area contributed by atoms with Crippen molar-refractivity contribution in [2.24, 2.45) is 5.73 Å². The summed E-state index contributed by atoms with van der Waals surface area (Å²) in [6, 6.07) is 5.06. The van der Waals surface area contributed by atoms with Crippen LogP contribution in [0.25, 0.3) is 0 Å². The van der Waals surface area contributed by atoms with Crippen LogP contribution in [0.15, 0.2) is 23.1 Å². The van der Waals surface area contributed by atoms with Crippen LogP contribution in [0.4, 0.5) is 5.69 Å². The number of nitrogens with one attached hydrogen (secondary N) is 1. The summed E-state index contributed by atoms with van der Waals surface area (Å²) in [6.45, 7) is 0.939. The average Bonchev–Trinajstić information content (AvgIpc) is 2.67. The highest BCUT2D eigenvalue weighted by Crippen LogP contribution is 2.27. The summed E-state index contributed by atoms with van der Waals surface area (Å²) >= 11 is 0. The minimum Gasteiger partial charge on any atom is -0.328 e. The Bertz CT molecular complexity index is 679. The summed E-state index contributed by atoms with van der Waals surface area (Å²) in [4.78, 5) is 11.9. The van der Waals surface area contributed by atoms with Crippen LogP contribution in [0, 0.1) is 0 Å². The number of rotatable bonds is 2. The zero-order chi connectivity index (χ0) is 15.7. The summed E-state index contributed by atoms with van der Waals surface area (Å²) in [6.07, 6.45) is 3.31. The van der Waals surface area contributed by atoms with Crippen LogP contribution >= 0.6 is 0 Å². The zero-order valence-electron chi connectivity index (χ0n) is 12.4. The molecule has 0 aliphatic carbocycles. The van der Waals surface area contributed by atoms with Gasteiger partial charge in [-0.25, -0.2) is 8.42 Å². The fraction of sp³-hybridized carbons (Fsp3) is 0.533. The molecule has 0 saturated carbocycles. The second kappa shape index (κ2) is 5.98. The van der Waals surface area contributed by atoms with Crippen LogP contribution in [0.3, 0.4) is 0 Å². The number of piperidine rings is 1. The molecule has 1 saturated heterocycles. The van der Waals surface area contributed by atoms with E-state index in [2.05, 4.69) is 5.32 Å². The van der Waals surface area contributed by atoms with Gasteiger partial charge in [0.15, 0.2) is 0 Å². The SMILES string of the molecule is NC1CCN(S(=O)(=O)c2ccc3c(c2)CCCC(=O)N3)CC1. The maximum Gasteiger partial charge on any atom is 0.243 e. The van der Waals surface area contributed by atoms with E-state index in [0.717, 1.165) is 17.7 Å². The third-order valence-corrected chi connectivity index (χ3v) is 6.23. The van der Waals surface area contributed by atoms with E-state index in [1.54, 1.807) is 18.2 Å². The van der Waals surface area contributed by atoms with Gasteiger partial charge in [-0.05, 0) is 49.4 Å². The molecule has 3 N–H and O–H groups in total. The number of aryl methyl sites for hydroxylation is 1. The first-order valence-corrected chi connectivity index (χ1v) is 9.09. The lowest BCUT2D eigenvalue weighted by Crippen LogP contribution is -2.42. The predicted octanol–water partition coefficient (Wildman–Crippen LogP) is 1.07. The number of sulfonamides is 1. The lowest BCUT2D eigenvalue weighted by atomic mass is 10.1. The maximum atomic E-state index is 12.7. The Balaban J connectivity index is 1.88. The van der Waals surface area contributed by atoms with Gasteiger partial charge in [-0.2, -0.15) is 4.31 Å². The number of nitrogens with two attached hydrogens (primary N) is 1. The molecule has 0 unspecified atom stereocenters. The lowest BCUT2D eigenvalue weighted by molar-refractivity contribution is -0.116. The number of fused-ring (bicyclic) bond motifs is 1. The van der Waals surface area contributed by atoms with Crippen LogP contribution < -0.4 is 11.1 Å². The normalized spacial score (nSPS) is 21.0. The molecule has 0 bridgehead atoms. The third kappa shape index (κ3) is 3.02. The van der Waals surface area contributed by atoms with Crippen molar-refractivity contribution in [3.05, 3.63) is 23.8 Å². The number of hydrogen-bond acceptors (Lipinski definition) is 4. The molecule has 6 nitrogen and oxygen atoms in total. The van der Waals surface area contributed by atoms with Crippen LogP contribution in [0.1, 0.15) is 31.2 Å². The fourth-order valence-electron chi connectivity index (χ4n) is 2.98. The molecule has 0 radical (unpaired) electrons. The highest BCUT2D eigenvalue weighted by Gasteiger charge is 2.29. The molecular formula is C15H21N3O3S. The molecule has 1 amide bonds. The monoisotopic (exact) mass is 323 g/mol. The highest BCUT2D eigenvalue weighted by atomic mass is 32.2. The van der Waals surface area contributed by atoms with E-state index >= 15 is 0 Å². The molecule has 2 heterocycles. The van der Waals surface area contributed by atoms with E-state index in [-0.39, 0.29) is 11.9 Å². The lowest BCUT2D eigenvalue weighted by Gasteiger charge is -2.29. The number of carbonyl (C=O) groups excluding carboxylic acids is 1. The van der Waals surface area contributed by atoms with Crippen LogP contribution in [-0.2, 0) is 21.2 Å². The molecule has 3 rings (SSSR count). The zero-order valence-corrected chi connectivity index (χ0v) is 13.2. The van der Waals surface area contributed by atoms with E-state index in [1.807, 2.05) is 0 Å². The van der Waals surface area contributed by atoms with Crippen molar-refractivity contribution in [3.63, 3.8) is 0 Å². The van der Waals surface area contributed by atoms with Gasteiger partial charge >= 0.3 is 0 Å². The van der Waals surface area contributed by atoms with Gasteiger partial charge in [0.05, 0.1) is 4.90 Å². The van der Waals surface area contributed by atoms with E-state index in [4.69, 9.17) is 5.73 Å². The molecular weight excluding hydrogens is 302 g/mol. The number of nitrogens with zero attached hydrogens (tertiary/aromatic N) is 1. The standard InChI is InChI=1S/C15H21N3O3S/c16-12-6-8-18(9-7-12)22(20,21)13-4-5-14-11(10-13)2-1-3-15(19)17-14/h4-5,10,12H,1-3,6-9,16H2,(H,17,19). The van der Waals surface area contributed by atoms with Gasteiger partial charge in [0.2, 0.25) is 15.9 Å². The Labute approximate surface area is 130 Å². The predicted molar refractivity (Wildman–Crippen MR) is 84.0 cm³/mol. The first-order valence-electron chi connectivity index (χ1n) is 7.65. The molecule has 2 aliphatic rings. The summed E-state index contributed by atoms with van der Waals surface area (Å²) < 4.78 is 27.0. The van der Waals surface area contributed by atoms with Crippen LogP contribution in [0.5, 0.6) is 0 Å². The van der Waals surface area contributed by atoms with Gasteiger partial charge in [0.25, 0.3) is 0 Å². The van der Waals surface area contributed by atoms with Crippen molar-refractivity contribution < 1.29 is 13.2 Å². The topological polar surface area (TPSA) is 92.5 Å². The summed E-state index contributed by atoms with van der Waals surface area (Å²) in [5.74, 6) is -0.0145. The number of hydrogen-bond donors (Lipinski definition) is 2. The minimum absolute atomic E-state index is 0.0145. The van der Waals surface area contributed by atoms with E-state index in [1.165, 1.54) is 4.31 Å². The maximum absolute atomic E-state index is 12.7. The van der Waals surface area contributed by atoms with Gasteiger partial charge in [0.1, 0.15) is 0 Å². The van der Waals surface area contributed by atoms with Crippen molar-refractivity contribution in [1.82, 2.24) is 4.31 Å². The molecule has 120 valence electrons. The van der Waals surface area contributed by atoms with Crippen molar-refractivity contribution in [2.45, 2.75) is 43.0 Å². The summed E-state index contributed by atoms with van der Waals surface area (Å²) in [5.41, 5.74) is 7.45. The Morgan fingerprint density at radius 2 is 1.91 bits per heavy atom. The number of amides is 1. The molecule has 2 aliphatic heterocycles. The number of benzene rings is 1. The van der Waals surface area contributed by atoms with Crippen molar-refractivity contribution in [2.75, 3.05) is 18.4 Å². The Morgan fingerprint density at radius 1 is 1.18 bits per heavy atom. The van der Waals surface area contributed by atoms with E-state index in [0.29, 0.717) is 43.7 Å². The summed E-state index contributed by atoms with van der Waals surface area (Å²) in [7, 11) is -3.48. The first kappa shape index (κ1) is 15.5. The Hall–Kier alpha value is -1.44. The highest BCUT2D eigenvalue weighted by molar-refractivity contribution is 7.89. The molecule has 7 heteroatoms. The van der Waals surface area contributed by atoms with Crippen molar-refractivity contribution in [3.8, 4) is 0 Å². The molecule has 22 heavy (non-hydrogen) atoms. The smallest absolute Gasteiger partial charge is 0.243 e. The second-order valence-corrected chi connectivity index (χ2v) is 7.90. The molecule has 0 atom stereocenters. The first-order chi connectivity index (χ1) is 10.5. The third-order valence-electron chi connectivity index (χ3n) is 4.34. The number of anilines is 1. The quantitative estimate of drug-likeness (QED) is 0.851. The van der Waals surface area contributed by atoms with Gasteiger partial charge in [-0.3, -0.25) is 4.79 Å². The van der Waals surface area contributed by atoms with Crippen molar-refractivity contribution >= 4 is 21.6 Å². The summed E-state index contributed by atoms with van der Waals surface area (Å²) in [5, 5.41) is 2.82. The van der Waals surface area contributed by atoms with Gasteiger partial charge in [-0.15, -0.1) is 0 Å². The molecule has 1 aromatic carbocycles. The largest absolute Gasteiger partial charge is 0.328 e. The molecule has 0 aromatic heterocycles. The second-order valence-electron chi connectivity index (χ2n) is 5.96. The molecule has 0 spiro atoms. The van der Waals surface area contributed by atoms with E-state index in [9.17, 15) is 13.2 Å². The van der Waals surface area contributed by atoms with E-state index < -0.39 is 10.0 Å². The molecule has 1 aromatic rings. The van der Waals surface area contributed by atoms with Crippen LogP contribution in [0.2, 0.25) is 0 Å². The van der Waals surface area contributed by atoms with Gasteiger partial charge in [0, 0.05) is 31.2 Å². The van der Waals surface area contributed by atoms with Gasteiger partial charge in [-0.1, -0.05) is 0 Å².